The van der Waals surface area contributed by atoms with E-state index in [4.69, 9.17) is 11.6 Å². The van der Waals surface area contributed by atoms with Gasteiger partial charge in [-0.2, -0.15) is 5.10 Å². The van der Waals surface area contributed by atoms with E-state index in [1.165, 1.54) is 24.3 Å². The Hall–Kier alpha value is -3.84. The van der Waals surface area contributed by atoms with Gasteiger partial charge in [0, 0.05) is 53.5 Å². The highest BCUT2D eigenvalue weighted by atomic mass is 35.5. The standard InChI is InChI=1S/C29H25ClF2N4O/c1-3-26(37)35-12-14-36(15-13-35)29-21-17-23(30)22(27-24(31)10-7-11-25(27)32)16-20(21)28(33-34-29)18(2)19-8-5-4-6-9-19/h3-11,16-18H,1,12-15H2,2H3. The fraction of sp³-hybridized carbons (Fsp3) is 0.207. The molecule has 0 N–H and O–H groups in total. The first-order chi connectivity index (χ1) is 17.9. The molecule has 0 radical (unpaired) electrons. The van der Waals surface area contributed by atoms with Crippen LogP contribution in [0.15, 0.2) is 73.3 Å². The van der Waals surface area contributed by atoms with Gasteiger partial charge >= 0.3 is 0 Å². The van der Waals surface area contributed by atoms with Crippen LogP contribution < -0.4 is 4.90 Å². The number of carbonyl (C=O) groups excluding carboxylic acids is 1. The van der Waals surface area contributed by atoms with Crippen LogP contribution in [0.5, 0.6) is 0 Å². The lowest BCUT2D eigenvalue weighted by atomic mass is 9.92. The number of hydrogen-bond donors (Lipinski definition) is 0. The van der Waals surface area contributed by atoms with Crippen LogP contribution in [0.3, 0.4) is 0 Å². The molecular weight excluding hydrogens is 494 g/mol. The van der Waals surface area contributed by atoms with Crippen molar-refractivity contribution < 1.29 is 13.6 Å². The third-order valence-electron chi connectivity index (χ3n) is 6.88. The maximum Gasteiger partial charge on any atom is 0.246 e. The molecule has 1 atom stereocenters. The molecule has 1 aromatic heterocycles. The maximum absolute atomic E-state index is 14.8. The van der Waals surface area contributed by atoms with Crippen LogP contribution in [0.1, 0.15) is 24.1 Å². The summed E-state index contributed by atoms with van der Waals surface area (Å²) in [6, 6.07) is 17.1. The lowest BCUT2D eigenvalue weighted by molar-refractivity contribution is -0.126. The van der Waals surface area contributed by atoms with E-state index in [2.05, 4.69) is 21.7 Å². The fourth-order valence-electron chi connectivity index (χ4n) is 4.85. The number of anilines is 1. The Morgan fingerprint density at radius 2 is 1.65 bits per heavy atom. The maximum atomic E-state index is 14.8. The number of nitrogens with zero attached hydrogens (tertiary/aromatic N) is 4. The summed E-state index contributed by atoms with van der Waals surface area (Å²) in [6.45, 7) is 7.73. The second-order valence-electron chi connectivity index (χ2n) is 9.03. The van der Waals surface area contributed by atoms with Crippen molar-refractivity contribution >= 4 is 34.1 Å². The summed E-state index contributed by atoms with van der Waals surface area (Å²) in [5.74, 6) is -1.01. The molecule has 2 heterocycles. The number of benzene rings is 3. The molecule has 0 aliphatic carbocycles. The molecule has 37 heavy (non-hydrogen) atoms. The van der Waals surface area contributed by atoms with Crippen LogP contribution in [0.2, 0.25) is 5.02 Å². The zero-order valence-electron chi connectivity index (χ0n) is 20.3. The highest BCUT2D eigenvalue weighted by molar-refractivity contribution is 6.34. The third kappa shape index (κ3) is 4.67. The number of amides is 1. The molecule has 1 amide bonds. The fourth-order valence-corrected chi connectivity index (χ4v) is 5.10. The molecule has 1 aliphatic rings. The van der Waals surface area contributed by atoms with E-state index in [1.807, 2.05) is 37.3 Å². The minimum atomic E-state index is -0.691. The predicted molar refractivity (Wildman–Crippen MR) is 143 cm³/mol. The van der Waals surface area contributed by atoms with Crippen molar-refractivity contribution in [1.29, 1.82) is 0 Å². The molecule has 1 unspecified atom stereocenters. The number of piperazine rings is 1. The number of fused-ring (bicyclic) bond motifs is 1. The van der Waals surface area contributed by atoms with Gasteiger partial charge in [0.2, 0.25) is 5.91 Å². The predicted octanol–water partition coefficient (Wildman–Crippen LogP) is 6.21. The number of rotatable bonds is 5. The van der Waals surface area contributed by atoms with Crippen LogP contribution in [-0.4, -0.2) is 47.2 Å². The minimum absolute atomic E-state index is 0.109. The number of hydrogen-bond acceptors (Lipinski definition) is 4. The van der Waals surface area contributed by atoms with Crippen molar-refractivity contribution in [2.24, 2.45) is 0 Å². The van der Waals surface area contributed by atoms with E-state index >= 15 is 0 Å². The number of carbonyl (C=O) groups is 1. The van der Waals surface area contributed by atoms with Crippen LogP contribution in [-0.2, 0) is 4.79 Å². The van der Waals surface area contributed by atoms with Gasteiger partial charge in [0.05, 0.1) is 11.3 Å². The molecular formula is C29H25ClF2N4O. The van der Waals surface area contributed by atoms with Crippen molar-refractivity contribution in [3.63, 3.8) is 0 Å². The highest BCUT2D eigenvalue weighted by Gasteiger charge is 2.26. The molecule has 188 valence electrons. The molecule has 8 heteroatoms. The smallest absolute Gasteiger partial charge is 0.246 e. The molecule has 0 bridgehead atoms. The van der Waals surface area contributed by atoms with Crippen molar-refractivity contribution in [2.75, 3.05) is 31.1 Å². The average Bonchev–Trinajstić information content (AvgIpc) is 2.92. The molecule has 4 aromatic rings. The van der Waals surface area contributed by atoms with Crippen molar-refractivity contribution in [2.45, 2.75) is 12.8 Å². The third-order valence-corrected chi connectivity index (χ3v) is 7.20. The lowest BCUT2D eigenvalue weighted by Crippen LogP contribution is -2.48. The Kier molecular flexibility index (Phi) is 6.89. The molecule has 1 saturated heterocycles. The van der Waals surface area contributed by atoms with Crippen LogP contribution in [0.25, 0.3) is 21.9 Å². The highest BCUT2D eigenvalue weighted by Crippen LogP contribution is 2.40. The van der Waals surface area contributed by atoms with Gasteiger partial charge in [0.15, 0.2) is 5.82 Å². The second-order valence-corrected chi connectivity index (χ2v) is 9.44. The Bertz CT molecular complexity index is 1470. The molecule has 1 fully saturated rings. The van der Waals surface area contributed by atoms with Crippen molar-refractivity contribution in [3.05, 3.63) is 101 Å². The Morgan fingerprint density at radius 1 is 0.973 bits per heavy atom. The molecule has 1 aliphatic heterocycles. The van der Waals surface area contributed by atoms with Crippen LogP contribution in [0, 0.1) is 11.6 Å². The van der Waals surface area contributed by atoms with Gasteiger partial charge in [-0.25, -0.2) is 8.78 Å². The van der Waals surface area contributed by atoms with Gasteiger partial charge in [-0.1, -0.05) is 61.5 Å². The largest absolute Gasteiger partial charge is 0.351 e. The van der Waals surface area contributed by atoms with Crippen LogP contribution in [0.4, 0.5) is 14.6 Å². The lowest BCUT2D eigenvalue weighted by Gasteiger charge is -2.35. The van der Waals surface area contributed by atoms with E-state index in [0.29, 0.717) is 43.1 Å². The first-order valence-electron chi connectivity index (χ1n) is 12.0. The summed E-state index contributed by atoms with van der Waals surface area (Å²) in [7, 11) is 0. The van der Waals surface area contributed by atoms with E-state index in [0.717, 1.165) is 10.9 Å². The van der Waals surface area contributed by atoms with E-state index < -0.39 is 11.6 Å². The van der Waals surface area contributed by atoms with Gasteiger partial charge < -0.3 is 9.80 Å². The molecule has 5 rings (SSSR count). The van der Waals surface area contributed by atoms with E-state index in [9.17, 15) is 13.6 Å². The molecule has 0 spiro atoms. The molecule has 5 nitrogen and oxygen atoms in total. The van der Waals surface area contributed by atoms with E-state index in [1.54, 1.807) is 17.0 Å². The number of aromatic nitrogens is 2. The topological polar surface area (TPSA) is 49.3 Å². The Balaban J connectivity index is 1.67. The first-order valence-corrected chi connectivity index (χ1v) is 12.4. The zero-order chi connectivity index (χ0) is 26.1. The van der Waals surface area contributed by atoms with Gasteiger partial charge in [-0.05, 0) is 35.9 Å². The van der Waals surface area contributed by atoms with Gasteiger partial charge in [0.1, 0.15) is 11.6 Å². The zero-order valence-corrected chi connectivity index (χ0v) is 21.1. The van der Waals surface area contributed by atoms with Crippen LogP contribution >= 0.6 is 11.6 Å². The summed E-state index contributed by atoms with van der Waals surface area (Å²) >= 11 is 6.66. The summed E-state index contributed by atoms with van der Waals surface area (Å²) < 4.78 is 29.5. The average molecular weight is 519 g/mol. The summed E-state index contributed by atoms with van der Waals surface area (Å²) in [5.41, 5.74) is 1.80. The first kappa shape index (κ1) is 24.8. The monoisotopic (exact) mass is 518 g/mol. The van der Waals surface area contributed by atoms with Gasteiger partial charge in [0.25, 0.3) is 0 Å². The Morgan fingerprint density at radius 3 is 2.30 bits per heavy atom. The quantitative estimate of drug-likeness (QED) is 0.294. The second kappa shape index (κ2) is 10.3. The summed E-state index contributed by atoms with van der Waals surface area (Å²) in [6.07, 6.45) is 1.31. The Labute approximate surface area is 219 Å². The summed E-state index contributed by atoms with van der Waals surface area (Å²) in [4.78, 5) is 15.8. The van der Waals surface area contributed by atoms with E-state index in [-0.39, 0.29) is 28.0 Å². The minimum Gasteiger partial charge on any atom is -0.351 e. The van der Waals surface area contributed by atoms with Gasteiger partial charge in [-0.15, -0.1) is 5.10 Å². The summed E-state index contributed by atoms with van der Waals surface area (Å²) in [5, 5.41) is 10.9. The van der Waals surface area contributed by atoms with Crippen molar-refractivity contribution in [3.8, 4) is 11.1 Å². The molecule has 3 aromatic carbocycles. The molecule has 0 saturated carbocycles. The SMILES string of the molecule is C=CC(=O)N1CCN(c2nnc(C(C)c3ccccc3)c3cc(-c4c(F)cccc4F)c(Cl)cc23)CC1. The van der Waals surface area contributed by atoms with Crippen molar-refractivity contribution in [1.82, 2.24) is 15.1 Å². The number of halogens is 3. The van der Waals surface area contributed by atoms with Gasteiger partial charge in [-0.3, -0.25) is 4.79 Å². The normalized spacial score (nSPS) is 14.6.